The normalized spacial score (nSPS) is 17.4. The van der Waals surface area contributed by atoms with Crippen LogP contribution in [0.25, 0.3) is 0 Å². The molecular formula is C24H31Cl3FN3O. The smallest absolute Gasteiger partial charge is 0.253 e. The molecule has 0 unspecified atom stereocenters. The highest BCUT2D eigenvalue weighted by molar-refractivity contribution is 6.30. The first-order chi connectivity index (χ1) is 14.6. The maximum atomic E-state index is 13.1. The fourth-order valence-corrected chi connectivity index (χ4v) is 4.57. The summed E-state index contributed by atoms with van der Waals surface area (Å²) >= 11 is 5.92. The number of likely N-dealkylation sites (tertiary alicyclic amines) is 1. The first-order valence-corrected chi connectivity index (χ1v) is 11.2. The second-order valence-electron chi connectivity index (χ2n) is 8.34. The van der Waals surface area contributed by atoms with Crippen molar-refractivity contribution < 1.29 is 9.18 Å². The van der Waals surface area contributed by atoms with Crippen LogP contribution >= 0.6 is 36.4 Å². The zero-order valence-electron chi connectivity index (χ0n) is 18.1. The lowest BCUT2D eigenvalue weighted by Crippen LogP contribution is -2.47. The molecule has 32 heavy (non-hydrogen) atoms. The van der Waals surface area contributed by atoms with Gasteiger partial charge in [-0.1, -0.05) is 11.6 Å². The maximum absolute atomic E-state index is 13.1. The molecule has 2 aliphatic heterocycles. The number of carbonyl (C=O) groups excluding carboxylic acids is 1. The molecule has 0 aliphatic carbocycles. The fraction of sp³-hybridized carbons (Fsp3) is 0.458. The van der Waals surface area contributed by atoms with Gasteiger partial charge in [0.1, 0.15) is 5.82 Å². The van der Waals surface area contributed by atoms with E-state index in [-0.39, 0.29) is 36.5 Å². The summed E-state index contributed by atoms with van der Waals surface area (Å²) in [6.07, 6.45) is 3.35. The van der Waals surface area contributed by atoms with Gasteiger partial charge in [-0.2, -0.15) is 0 Å². The number of piperidine rings is 1. The van der Waals surface area contributed by atoms with Crippen molar-refractivity contribution in [2.45, 2.75) is 19.3 Å². The van der Waals surface area contributed by atoms with Crippen molar-refractivity contribution >= 4 is 48.0 Å². The van der Waals surface area contributed by atoms with Crippen LogP contribution in [0, 0.1) is 11.7 Å². The van der Waals surface area contributed by atoms with E-state index < -0.39 is 0 Å². The van der Waals surface area contributed by atoms with Gasteiger partial charge in [-0.05, 0) is 80.3 Å². The van der Waals surface area contributed by atoms with Crippen molar-refractivity contribution in [3.8, 4) is 0 Å². The molecule has 0 aromatic heterocycles. The van der Waals surface area contributed by atoms with Gasteiger partial charge in [-0.15, -0.1) is 24.8 Å². The minimum Gasteiger partial charge on any atom is -0.369 e. The predicted molar refractivity (Wildman–Crippen MR) is 134 cm³/mol. The zero-order chi connectivity index (χ0) is 20.9. The lowest BCUT2D eigenvalue weighted by atomic mass is 9.93. The summed E-state index contributed by atoms with van der Waals surface area (Å²) in [6.45, 7) is 6.86. The molecule has 0 saturated carbocycles. The second kappa shape index (κ2) is 12.6. The topological polar surface area (TPSA) is 26.8 Å². The molecular weight excluding hydrogens is 472 g/mol. The van der Waals surface area contributed by atoms with Crippen molar-refractivity contribution in [3.63, 3.8) is 0 Å². The van der Waals surface area contributed by atoms with E-state index in [4.69, 9.17) is 11.6 Å². The molecule has 0 spiro atoms. The third-order valence-corrected chi connectivity index (χ3v) is 6.66. The number of carbonyl (C=O) groups is 1. The maximum Gasteiger partial charge on any atom is 0.253 e. The van der Waals surface area contributed by atoms with Gasteiger partial charge in [0.15, 0.2) is 0 Å². The molecule has 0 atom stereocenters. The summed E-state index contributed by atoms with van der Waals surface area (Å²) in [7, 11) is 0. The highest BCUT2D eigenvalue weighted by atomic mass is 35.5. The lowest BCUT2D eigenvalue weighted by molar-refractivity contribution is 0.0680. The van der Waals surface area contributed by atoms with Gasteiger partial charge in [-0.3, -0.25) is 9.69 Å². The number of hydrogen-bond acceptors (Lipinski definition) is 3. The minimum absolute atomic E-state index is 0. The molecule has 2 saturated heterocycles. The van der Waals surface area contributed by atoms with Crippen molar-refractivity contribution in [3.05, 3.63) is 64.9 Å². The average Bonchev–Trinajstić information content (AvgIpc) is 2.79. The van der Waals surface area contributed by atoms with Gasteiger partial charge < -0.3 is 9.80 Å². The highest BCUT2D eigenvalue weighted by Crippen LogP contribution is 2.23. The van der Waals surface area contributed by atoms with Crippen molar-refractivity contribution in [1.29, 1.82) is 0 Å². The van der Waals surface area contributed by atoms with Gasteiger partial charge in [0.05, 0.1) is 0 Å². The Labute approximate surface area is 207 Å². The Morgan fingerprint density at radius 1 is 0.875 bits per heavy atom. The summed E-state index contributed by atoms with van der Waals surface area (Å²) in [5.41, 5.74) is 1.82. The Morgan fingerprint density at radius 3 is 2.06 bits per heavy atom. The molecule has 2 aliphatic rings. The second-order valence-corrected chi connectivity index (χ2v) is 8.77. The highest BCUT2D eigenvalue weighted by Gasteiger charge is 2.25. The van der Waals surface area contributed by atoms with E-state index in [1.165, 1.54) is 18.6 Å². The zero-order valence-corrected chi connectivity index (χ0v) is 20.5. The van der Waals surface area contributed by atoms with Gasteiger partial charge in [0, 0.05) is 55.5 Å². The Morgan fingerprint density at radius 2 is 1.47 bits per heavy atom. The third kappa shape index (κ3) is 6.98. The molecule has 0 N–H and O–H groups in total. The van der Waals surface area contributed by atoms with Crippen LogP contribution in [0.4, 0.5) is 10.1 Å². The first kappa shape index (κ1) is 26.7. The van der Waals surface area contributed by atoms with Crippen molar-refractivity contribution in [1.82, 2.24) is 9.80 Å². The molecule has 176 valence electrons. The molecule has 0 radical (unpaired) electrons. The van der Waals surface area contributed by atoms with Crippen molar-refractivity contribution in [2.24, 2.45) is 5.92 Å². The van der Waals surface area contributed by atoms with Gasteiger partial charge in [0.25, 0.3) is 5.91 Å². The number of amides is 1. The van der Waals surface area contributed by atoms with Gasteiger partial charge >= 0.3 is 0 Å². The van der Waals surface area contributed by atoms with Crippen LogP contribution in [0.2, 0.25) is 5.02 Å². The predicted octanol–water partition coefficient (Wildman–Crippen LogP) is 5.39. The van der Waals surface area contributed by atoms with Crippen molar-refractivity contribution in [2.75, 3.05) is 50.7 Å². The average molecular weight is 503 g/mol. The quantitative estimate of drug-likeness (QED) is 0.549. The minimum atomic E-state index is -0.182. The Balaban J connectivity index is 0.00000181. The summed E-state index contributed by atoms with van der Waals surface area (Å²) in [5.74, 6) is 0.620. The molecule has 2 aromatic carbocycles. The van der Waals surface area contributed by atoms with Crippen LogP contribution in [-0.4, -0.2) is 61.5 Å². The first-order valence-electron chi connectivity index (χ1n) is 10.9. The number of benzene rings is 2. The third-order valence-electron chi connectivity index (χ3n) is 6.41. The van der Waals surface area contributed by atoms with Crippen LogP contribution in [0.1, 0.15) is 29.6 Å². The summed E-state index contributed by atoms with van der Waals surface area (Å²) in [6, 6.07) is 14.0. The molecule has 0 bridgehead atoms. The molecule has 8 heteroatoms. The number of nitrogens with zero attached hydrogens (tertiary/aromatic N) is 3. The van der Waals surface area contributed by atoms with Gasteiger partial charge in [0.2, 0.25) is 0 Å². The molecule has 1 amide bonds. The van der Waals surface area contributed by atoms with Crippen LogP contribution < -0.4 is 4.90 Å². The molecule has 4 rings (SSSR count). The lowest BCUT2D eigenvalue weighted by Gasteiger charge is -2.37. The number of piperazine rings is 1. The summed E-state index contributed by atoms with van der Waals surface area (Å²) < 4.78 is 13.1. The summed E-state index contributed by atoms with van der Waals surface area (Å²) in [5, 5.41) is 0.656. The largest absolute Gasteiger partial charge is 0.369 e. The van der Waals surface area contributed by atoms with E-state index in [1.807, 2.05) is 29.2 Å². The molecule has 2 aromatic rings. The standard InChI is InChI=1S/C24H29ClFN3O.2ClH/c25-21-3-1-20(2-4-21)24(30)29-13-10-19(11-14-29)9-12-27-15-17-28(18-16-27)23-7-5-22(26)6-8-23;;/h1-8,19H,9-18H2;2*1H. The number of rotatable bonds is 5. The SMILES string of the molecule is Cl.Cl.O=C(c1ccc(Cl)cc1)N1CCC(CCN2CCN(c3ccc(F)cc3)CC2)CC1. The van der Waals surface area contributed by atoms with Crippen LogP contribution in [-0.2, 0) is 0 Å². The molecule has 4 nitrogen and oxygen atoms in total. The number of anilines is 1. The van der Waals surface area contributed by atoms with E-state index in [2.05, 4.69) is 9.80 Å². The Hall–Kier alpha value is -1.53. The van der Waals surface area contributed by atoms with E-state index in [0.29, 0.717) is 10.9 Å². The van der Waals surface area contributed by atoms with Gasteiger partial charge in [-0.25, -0.2) is 4.39 Å². The molecule has 2 fully saturated rings. The monoisotopic (exact) mass is 501 g/mol. The molecule has 2 heterocycles. The number of hydrogen-bond donors (Lipinski definition) is 0. The van der Waals surface area contributed by atoms with E-state index in [9.17, 15) is 9.18 Å². The van der Waals surface area contributed by atoms with E-state index in [1.54, 1.807) is 12.1 Å². The summed E-state index contributed by atoms with van der Waals surface area (Å²) in [4.78, 5) is 19.5. The Bertz CT molecular complexity index is 835. The van der Waals surface area contributed by atoms with E-state index in [0.717, 1.165) is 69.9 Å². The fourth-order valence-electron chi connectivity index (χ4n) is 4.45. The van der Waals surface area contributed by atoms with Crippen LogP contribution in [0.3, 0.4) is 0 Å². The van der Waals surface area contributed by atoms with Crippen LogP contribution in [0.15, 0.2) is 48.5 Å². The van der Waals surface area contributed by atoms with E-state index >= 15 is 0 Å². The van der Waals surface area contributed by atoms with Crippen LogP contribution in [0.5, 0.6) is 0 Å². The Kier molecular flexibility index (Phi) is 10.6. The number of halogens is 4.